The first-order chi connectivity index (χ1) is 19.8. The lowest BCUT2D eigenvalue weighted by Gasteiger charge is -2.30. The standard InChI is InChI=1S/C31H31FN4O5/c1-18(19-6-4-3-5-7-19)28(29(38)34-25-15-12-22(16-24(25)32)20-8-9-20)36-30(39)27(35-31(36)40)21-10-13-23(14-11-21)41-17-26(37)33-2/h3-7,10-16,18,20,27-28H,8-9,17H2,1-2H3,(H,33,37)(H,34,38)(H,35,40)/t18?,27-,28?/m1/s1. The topological polar surface area (TPSA) is 117 Å². The second kappa shape index (κ2) is 11.8. The molecule has 3 aromatic rings. The second-order valence-electron chi connectivity index (χ2n) is 10.3. The van der Waals surface area contributed by atoms with Gasteiger partial charge in [-0.3, -0.25) is 14.4 Å². The van der Waals surface area contributed by atoms with Crippen molar-refractivity contribution in [2.24, 2.45) is 0 Å². The minimum atomic E-state index is -1.26. The number of hydrogen-bond acceptors (Lipinski definition) is 5. The second-order valence-corrected chi connectivity index (χ2v) is 10.3. The molecule has 2 unspecified atom stereocenters. The number of rotatable bonds is 10. The van der Waals surface area contributed by atoms with Crippen molar-refractivity contribution < 1.29 is 28.3 Å². The highest BCUT2D eigenvalue weighted by Crippen LogP contribution is 2.41. The van der Waals surface area contributed by atoms with E-state index in [1.807, 2.05) is 18.2 Å². The number of halogens is 1. The lowest BCUT2D eigenvalue weighted by molar-refractivity contribution is -0.134. The van der Waals surface area contributed by atoms with Crippen LogP contribution in [0.15, 0.2) is 72.8 Å². The molecule has 1 aliphatic heterocycles. The van der Waals surface area contributed by atoms with Crippen LogP contribution < -0.4 is 20.7 Å². The van der Waals surface area contributed by atoms with Crippen LogP contribution in [0.2, 0.25) is 0 Å². The average Bonchev–Trinajstić information content (AvgIpc) is 3.80. The van der Waals surface area contributed by atoms with Crippen LogP contribution >= 0.6 is 0 Å². The number of amides is 5. The molecule has 41 heavy (non-hydrogen) atoms. The smallest absolute Gasteiger partial charge is 0.325 e. The van der Waals surface area contributed by atoms with E-state index in [2.05, 4.69) is 16.0 Å². The molecule has 1 saturated carbocycles. The van der Waals surface area contributed by atoms with E-state index in [-0.39, 0.29) is 18.2 Å². The maximum absolute atomic E-state index is 14.9. The highest BCUT2D eigenvalue weighted by Gasteiger charge is 2.47. The van der Waals surface area contributed by atoms with Gasteiger partial charge in [0.25, 0.3) is 11.8 Å². The number of nitrogens with zero attached hydrogens (tertiary/aromatic N) is 1. The predicted molar refractivity (Wildman–Crippen MR) is 150 cm³/mol. The van der Waals surface area contributed by atoms with Crippen LogP contribution in [-0.2, 0) is 14.4 Å². The fraction of sp³-hybridized carbons (Fsp3) is 0.290. The van der Waals surface area contributed by atoms with Gasteiger partial charge in [-0.25, -0.2) is 14.1 Å². The van der Waals surface area contributed by atoms with Gasteiger partial charge in [0.2, 0.25) is 5.91 Å². The summed E-state index contributed by atoms with van der Waals surface area (Å²) in [7, 11) is 1.50. The maximum atomic E-state index is 14.9. The van der Waals surface area contributed by atoms with Crippen molar-refractivity contribution in [3.63, 3.8) is 0 Å². The number of carbonyl (C=O) groups is 4. The summed E-state index contributed by atoms with van der Waals surface area (Å²) >= 11 is 0. The van der Waals surface area contributed by atoms with Gasteiger partial charge >= 0.3 is 6.03 Å². The SMILES string of the molecule is CNC(=O)COc1ccc([C@H]2NC(=O)N(C(C(=O)Nc3ccc(C4CC4)cc3F)C(C)c3ccccc3)C2=O)cc1. The molecule has 2 aliphatic rings. The van der Waals surface area contributed by atoms with Crippen molar-refractivity contribution in [3.8, 4) is 5.75 Å². The zero-order valence-electron chi connectivity index (χ0n) is 22.7. The van der Waals surface area contributed by atoms with Crippen LogP contribution in [0.5, 0.6) is 5.75 Å². The predicted octanol–water partition coefficient (Wildman–Crippen LogP) is 4.23. The number of urea groups is 1. The minimum absolute atomic E-state index is 0.0133. The van der Waals surface area contributed by atoms with Crippen LogP contribution in [0.4, 0.5) is 14.9 Å². The van der Waals surface area contributed by atoms with E-state index in [0.29, 0.717) is 17.2 Å². The Balaban J connectivity index is 1.39. The molecule has 0 radical (unpaired) electrons. The Morgan fingerprint density at radius 1 is 1.02 bits per heavy atom. The van der Waals surface area contributed by atoms with Crippen molar-refractivity contribution in [2.75, 3.05) is 19.0 Å². The van der Waals surface area contributed by atoms with Gasteiger partial charge in [0.05, 0.1) is 5.69 Å². The van der Waals surface area contributed by atoms with Gasteiger partial charge in [-0.15, -0.1) is 0 Å². The molecule has 0 aromatic heterocycles. The van der Waals surface area contributed by atoms with E-state index < -0.39 is 41.7 Å². The molecule has 9 nitrogen and oxygen atoms in total. The summed E-state index contributed by atoms with van der Waals surface area (Å²) in [4.78, 5) is 53.0. The van der Waals surface area contributed by atoms with Gasteiger partial charge in [0, 0.05) is 13.0 Å². The van der Waals surface area contributed by atoms with Crippen LogP contribution in [0.3, 0.4) is 0 Å². The van der Waals surface area contributed by atoms with E-state index in [4.69, 9.17) is 4.74 Å². The van der Waals surface area contributed by atoms with E-state index in [1.54, 1.807) is 49.4 Å². The van der Waals surface area contributed by atoms with Gasteiger partial charge in [-0.05, 0) is 59.7 Å². The zero-order chi connectivity index (χ0) is 29.1. The summed E-state index contributed by atoms with van der Waals surface area (Å²) in [6.45, 7) is 1.58. The first-order valence-electron chi connectivity index (χ1n) is 13.5. The van der Waals surface area contributed by atoms with Crippen molar-refractivity contribution in [3.05, 3.63) is 95.3 Å². The van der Waals surface area contributed by atoms with E-state index in [9.17, 15) is 23.6 Å². The Kier molecular flexibility index (Phi) is 8.00. The number of anilines is 1. The Bertz CT molecular complexity index is 1460. The van der Waals surface area contributed by atoms with Gasteiger partial charge in [0.15, 0.2) is 6.61 Å². The Labute approximate surface area is 237 Å². The number of carbonyl (C=O) groups excluding carboxylic acids is 4. The molecule has 0 bridgehead atoms. The molecule has 3 atom stereocenters. The Hall–Kier alpha value is -4.73. The van der Waals surface area contributed by atoms with Crippen molar-refractivity contribution in [2.45, 2.75) is 43.7 Å². The molecule has 1 heterocycles. The quantitative estimate of drug-likeness (QED) is 0.322. The van der Waals surface area contributed by atoms with Crippen LogP contribution in [0.25, 0.3) is 0 Å². The molecule has 5 amide bonds. The van der Waals surface area contributed by atoms with Crippen LogP contribution in [-0.4, -0.2) is 48.3 Å². The Morgan fingerprint density at radius 2 is 1.71 bits per heavy atom. The number of ether oxygens (including phenoxy) is 1. The summed E-state index contributed by atoms with van der Waals surface area (Å²) in [6.07, 6.45) is 2.03. The molecule has 3 aromatic carbocycles. The number of nitrogens with one attached hydrogen (secondary N) is 3. The normalized spacial score (nSPS) is 17.9. The Morgan fingerprint density at radius 3 is 2.34 bits per heavy atom. The molecule has 5 rings (SSSR count). The lowest BCUT2D eigenvalue weighted by atomic mass is 9.91. The molecule has 10 heteroatoms. The molecular formula is C31H31FN4O5. The molecule has 1 aliphatic carbocycles. The monoisotopic (exact) mass is 558 g/mol. The van der Waals surface area contributed by atoms with Gasteiger partial charge in [-0.1, -0.05) is 55.5 Å². The fourth-order valence-corrected chi connectivity index (χ4v) is 4.98. The fourth-order valence-electron chi connectivity index (χ4n) is 4.98. The number of likely N-dealkylation sites (N-methyl/N-ethyl adjacent to an activating group) is 1. The van der Waals surface area contributed by atoms with Gasteiger partial charge < -0.3 is 20.7 Å². The summed E-state index contributed by atoms with van der Waals surface area (Å²) in [5.74, 6) is -1.99. The molecule has 2 fully saturated rings. The van der Waals surface area contributed by atoms with E-state index in [0.717, 1.165) is 28.9 Å². The van der Waals surface area contributed by atoms with Crippen LogP contribution in [0.1, 0.15) is 54.3 Å². The average molecular weight is 559 g/mol. The highest BCUT2D eigenvalue weighted by molar-refractivity contribution is 6.10. The van der Waals surface area contributed by atoms with Crippen LogP contribution in [0, 0.1) is 5.82 Å². The molecule has 1 saturated heterocycles. The number of hydrogen-bond donors (Lipinski definition) is 3. The highest BCUT2D eigenvalue weighted by atomic mass is 19.1. The third kappa shape index (κ3) is 6.06. The van der Waals surface area contributed by atoms with Crippen molar-refractivity contribution in [1.82, 2.24) is 15.5 Å². The lowest BCUT2D eigenvalue weighted by Crippen LogP contribution is -2.50. The van der Waals surface area contributed by atoms with Crippen molar-refractivity contribution in [1.29, 1.82) is 0 Å². The summed E-state index contributed by atoms with van der Waals surface area (Å²) < 4.78 is 20.4. The number of benzene rings is 3. The molecule has 3 N–H and O–H groups in total. The first-order valence-corrected chi connectivity index (χ1v) is 13.5. The van der Waals surface area contributed by atoms with E-state index in [1.165, 1.54) is 19.2 Å². The molecule has 0 spiro atoms. The maximum Gasteiger partial charge on any atom is 0.325 e. The third-order valence-electron chi connectivity index (χ3n) is 7.48. The van der Waals surface area contributed by atoms with Gasteiger partial charge in [0.1, 0.15) is 23.7 Å². The number of imide groups is 1. The molecular weight excluding hydrogens is 527 g/mol. The summed E-state index contributed by atoms with van der Waals surface area (Å²) in [5.41, 5.74) is 2.09. The van der Waals surface area contributed by atoms with Gasteiger partial charge in [-0.2, -0.15) is 0 Å². The third-order valence-corrected chi connectivity index (χ3v) is 7.48. The zero-order valence-corrected chi connectivity index (χ0v) is 22.7. The van der Waals surface area contributed by atoms with E-state index >= 15 is 0 Å². The van der Waals surface area contributed by atoms with Crippen molar-refractivity contribution >= 4 is 29.4 Å². The largest absolute Gasteiger partial charge is 0.484 e. The molecule has 212 valence electrons. The first kappa shape index (κ1) is 27.8. The minimum Gasteiger partial charge on any atom is -0.484 e. The summed E-state index contributed by atoms with van der Waals surface area (Å²) in [5, 5.41) is 7.75. The summed E-state index contributed by atoms with van der Waals surface area (Å²) in [6, 6.07) is 17.2.